The van der Waals surface area contributed by atoms with Gasteiger partial charge in [0.25, 0.3) is 0 Å². The second-order valence-electron chi connectivity index (χ2n) is 15.9. The molecule has 6 aromatic heterocycles. The Bertz CT molecular complexity index is 4150. The third-order valence-electron chi connectivity index (χ3n) is 12.7. The molecular formula is C54H32N8. The molecule has 0 fully saturated rings. The molecular weight excluding hydrogens is 761 g/mol. The molecule has 0 saturated carbocycles. The molecule has 0 aliphatic carbocycles. The molecule has 0 radical (unpaired) electrons. The quantitative estimate of drug-likeness (QED) is 0.178. The molecule has 8 aromatic carbocycles. The first-order valence-corrected chi connectivity index (χ1v) is 20.8. The summed E-state index contributed by atoms with van der Waals surface area (Å²) in [5, 5.41) is 9.28. The van der Waals surface area contributed by atoms with Crippen molar-refractivity contribution >= 4 is 98.4 Å². The maximum atomic E-state index is 5.25. The highest BCUT2D eigenvalue weighted by molar-refractivity contribution is 6.24. The molecule has 14 aromatic rings. The first-order valence-electron chi connectivity index (χ1n) is 20.8. The number of hydrogen-bond acceptors (Lipinski definition) is 4. The van der Waals surface area contributed by atoms with E-state index in [1.165, 1.54) is 27.1 Å². The molecule has 8 heteroatoms. The average Bonchev–Trinajstić information content (AvgIpc) is 4.06. The van der Waals surface area contributed by atoms with Crippen LogP contribution in [0.15, 0.2) is 194 Å². The fourth-order valence-corrected chi connectivity index (χ4v) is 10.1. The van der Waals surface area contributed by atoms with Crippen LogP contribution in [0.3, 0.4) is 0 Å². The first-order chi connectivity index (χ1) is 30.8. The lowest BCUT2D eigenvalue weighted by atomic mass is 10.1. The van der Waals surface area contributed by atoms with Crippen LogP contribution in [-0.2, 0) is 0 Å². The third-order valence-corrected chi connectivity index (χ3v) is 12.7. The molecule has 0 unspecified atom stereocenters. The van der Waals surface area contributed by atoms with Crippen molar-refractivity contribution in [1.82, 2.24) is 38.2 Å². The van der Waals surface area contributed by atoms with Crippen LogP contribution in [0.25, 0.3) is 122 Å². The van der Waals surface area contributed by atoms with Gasteiger partial charge < -0.3 is 9.13 Å². The molecule has 0 atom stereocenters. The zero-order valence-electron chi connectivity index (χ0n) is 33.1. The number of fused-ring (bicyclic) bond motifs is 14. The van der Waals surface area contributed by atoms with Gasteiger partial charge in [0.2, 0.25) is 5.95 Å². The van der Waals surface area contributed by atoms with Gasteiger partial charge in [0, 0.05) is 54.5 Å². The third kappa shape index (κ3) is 4.49. The van der Waals surface area contributed by atoms with E-state index in [0.717, 1.165) is 71.5 Å². The highest BCUT2D eigenvalue weighted by atomic mass is 15.2. The molecule has 14 rings (SSSR count). The van der Waals surface area contributed by atoms with Crippen LogP contribution in [0, 0.1) is 0 Å². The normalized spacial score (nSPS) is 12.2. The summed E-state index contributed by atoms with van der Waals surface area (Å²) in [6, 6.07) is 64.6. The minimum atomic E-state index is 0.523. The van der Waals surface area contributed by atoms with Crippen molar-refractivity contribution in [3.05, 3.63) is 194 Å². The molecule has 0 spiro atoms. The Labute approximate surface area is 352 Å². The topological polar surface area (TPSA) is 71.3 Å². The predicted molar refractivity (Wildman–Crippen MR) is 252 cm³/mol. The lowest BCUT2D eigenvalue weighted by Gasteiger charge is -2.12. The van der Waals surface area contributed by atoms with Crippen molar-refractivity contribution in [2.75, 3.05) is 0 Å². The van der Waals surface area contributed by atoms with Crippen LogP contribution >= 0.6 is 0 Å². The molecule has 0 N–H and O–H groups in total. The second-order valence-corrected chi connectivity index (χ2v) is 15.9. The van der Waals surface area contributed by atoms with Gasteiger partial charge in [0.15, 0.2) is 11.5 Å². The molecule has 0 bridgehead atoms. The van der Waals surface area contributed by atoms with E-state index in [0.29, 0.717) is 22.9 Å². The summed E-state index contributed by atoms with van der Waals surface area (Å²) in [6.07, 6.45) is 3.67. The number of rotatable bonds is 4. The largest absolute Gasteiger partial charge is 0.309 e. The lowest BCUT2D eigenvalue weighted by molar-refractivity contribution is 0.985. The summed E-state index contributed by atoms with van der Waals surface area (Å²) < 4.78 is 9.16. The maximum absolute atomic E-state index is 5.25. The van der Waals surface area contributed by atoms with Gasteiger partial charge in [-0.25, -0.2) is 15.0 Å². The van der Waals surface area contributed by atoms with Gasteiger partial charge in [0.1, 0.15) is 5.52 Å². The van der Waals surface area contributed by atoms with Crippen molar-refractivity contribution in [2.24, 2.45) is 0 Å². The lowest BCUT2D eigenvalue weighted by Crippen LogP contribution is -2.05. The fourth-order valence-electron chi connectivity index (χ4n) is 10.1. The van der Waals surface area contributed by atoms with Crippen LogP contribution in [0.5, 0.6) is 0 Å². The van der Waals surface area contributed by atoms with Gasteiger partial charge in [-0.15, -0.1) is 0 Å². The highest BCUT2D eigenvalue weighted by Crippen LogP contribution is 2.42. The maximum Gasteiger partial charge on any atom is 0.236 e. The summed E-state index contributed by atoms with van der Waals surface area (Å²) in [7, 11) is 0. The minimum absolute atomic E-state index is 0.523. The number of para-hydroxylation sites is 6. The van der Waals surface area contributed by atoms with Gasteiger partial charge in [-0.1, -0.05) is 121 Å². The van der Waals surface area contributed by atoms with Crippen LogP contribution in [-0.4, -0.2) is 38.2 Å². The Morgan fingerprint density at radius 2 is 0.758 bits per heavy atom. The van der Waals surface area contributed by atoms with Gasteiger partial charge >= 0.3 is 0 Å². The summed E-state index contributed by atoms with van der Waals surface area (Å²) in [4.78, 5) is 20.6. The van der Waals surface area contributed by atoms with Crippen molar-refractivity contribution in [3.63, 3.8) is 0 Å². The van der Waals surface area contributed by atoms with E-state index < -0.39 is 0 Å². The van der Waals surface area contributed by atoms with Crippen molar-refractivity contribution in [1.29, 1.82) is 0 Å². The summed E-state index contributed by atoms with van der Waals surface area (Å²) in [5.41, 5.74) is 12.1. The van der Waals surface area contributed by atoms with Gasteiger partial charge in [-0.3, -0.25) is 9.13 Å². The Morgan fingerprint density at radius 1 is 0.306 bits per heavy atom. The molecule has 0 saturated heterocycles. The molecule has 6 heterocycles. The summed E-state index contributed by atoms with van der Waals surface area (Å²) in [6.45, 7) is 0. The molecule has 288 valence electrons. The number of aromatic nitrogens is 8. The Balaban J connectivity index is 0.996. The van der Waals surface area contributed by atoms with E-state index in [2.05, 4.69) is 200 Å². The predicted octanol–water partition coefficient (Wildman–Crippen LogP) is 12.8. The SMILES string of the molecule is c1ccc(-n2c3ccccc3c3cc4c(cc32)c2ccccc2n4-c2cnc3nc(-n4c5ccccc5c5ccc6c7ccccc7n(-c7ccccc7)c6c54)ncc3n2)cc1. The Morgan fingerprint density at radius 3 is 1.35 bits per heavy atom. The molecule has 0 aliphatic rings. The Kier molecular flexibility index (Phi) is 6.68. The van der Waals surface area contributed by atoms with Gasteiger partial charge in [0.05, 0.1) is 56.5 Å². The first kappa shape index (κ1) is 33.2. The second kappa shape index (κ2) is 12.5. The molecule has 0 amide bonds. The van der Waals surface area contributed by atoms with Crippen LogP contribution in [0.4, 0.5) is 0 Å². The van der Waals surface area contributed by atoms with Crippen molar-refractivity contribution in [2.45, 2.75) is 0 Å². The smallest absolute Gasteiger partial charge is 0.236 e. The van der Waals surface area contributed by atoms with Gasteiger partial charge in [-0.05, 0) is 60.7 Å². The summed E-state index contributed by atoms with van der Waals surface area (Å²) >= 11 is 0. The van der Waals surface area contributed by atoms with E-state index >= 15 is 0 Å². The molecule has 8 nitrogen and oxygen atoms in total. The molecule has 0 aliphatic heterocycles. The van der Waals surface area contributed by atoms with Crippen molar-refractivity contribution in [3.8, 4) is 23.1 Å². The Hall–Kier alpha value is -8.62. The van der Waals surface area contributed by atoms with E-state index in [4.69, 9.17) is 19.9 Å². The van der Waals surface area contributed by atoms with E-state index in [-0.39, 0.29) is 0 Å². The van der Waals surface area contributed by atoms with Crippen LogP contribution in [0.1, 0.15) is 0 Å². The van der Waals surface area contributed by atoms with E-state index in [1.807, 2.05) is 12.4 Å². The summed E-state index contributed by atoms with van der Waals surface area (Å²) in [5.74, 6) is 1.24. The standard InChI is InChI=1S/C54H32N8/c1-3-15-33(16-4-1)59-44-23-11-9-21-37(44)41-30-49-42(29-48(41)59)38-22-10-13-25-46(38)61(49)50-32-55-53-43(57-50)31-56-54(58-53)62-47-26-14-8-20-36(47)40-28-27-39-35-19-7-12-24-45(35)60(51(39)52(40)62)34-17-5-2-6-18-34/h1-32H. The monoisotopic (exact) mass is 792 g/mol. The zero-order valence-corrected chi connectivity index (χ0v) is 33.1. The van der Waals surface area contributed by atoms with E-state index in [9.17, 15) is 0 Å². The van der Waals surface area contributed by atoms with Gasteiger partial charge in [-0.2, -0.15) is 4.98 Å². The van der Waals surface area contributed by atoms with Crippen LogP contribution in [0.2, 0.25) is 0 Å². The molecule has 62 heavy (non-hydrogen) atoms. The highest BCUT2D eigenvalue weighted by Gasteiger charge is 2.23. The van der Waals surface area contributed by atoms with E-state index in [1.54, 1.807) is 0 Å². The number of hydrogen-bond donors (Lipinski definition) is 0. The average molecular weight is 793 g/mol. The van der Waals surface area contributed by atoms with Crippen molar-refractivity contribution < 1.29 is 0 Å². The minimum Gasteiger partial charge on any atom is -0.309 e. The number of nitrogens with zero attached hydrogens (tertiary/aromatic N) is 8. The number of benzene rings is 8. The van der Waals surface area contributed by atoms with Crippen LogP contribution < -0.4 is 0 Å². The fraction of sp³-hybridized carbons (Fsp3) is 0. The zero-order chi connectivity index (χ0) is 40.5.